The first-order valence-corrected chi connectivity index (χ1v) is 6.60. The maximum atomic E-state index is 11.4. The first-order chi connectivity index (χ1) is 7.60. The zero-order valence-corrected chi connectivity index (χ0v) is 11.3. The van der Waals surface area contributed by atoms with Gasteiger partial charge in [-0.25, -0.2) is 0 Å². The Morgan fingerprint density at radius 3 is 2.44 bits per heavy atom. The number of hydrogen-bond acceptors (Lipinski definition) is 2. The SMILES string of the molecule is CCCC(CC)NCCC(=O)NCC(C)C. The molecule has 0 bridgehead atoms. The fraction of sp³-hybridized carbons (Fsp3) is 0.923. The highest BCUT2D eigenvalue weighted by atomic mass is 16.1. The standard InChI is InChI=1S/C13H28N2O/c1-5-7-12(6-2)14-9-8-13(16)15-10-11(3)4/h11-12,14H,5-10H2,1-4H3,(H,15,16). The largest absolute Gasteiger partial charge is 0.356 e. The van der Waals surface area contributed by atoms with E-state index >= 15 is 0 Å². The Bertz CT molecular complexity index is 181. The molecular weight excluding hydrogens is 200 g/mol. The van der Waals surface area contributed by atoms with Crippen LogP contribution in [0.2, 0.25) is 0 Å². The Kier molecular flexibility index (Phi) is 9.30. The van der Waals surface area contributed by atoms with E-state index in [0.29, 0.717) is 18.4 Å². The summed E-state index contributed by atoms with van der Waals surface area (Å²) in [6.07, 6.45) is 4.13. The van der Waals surface area contributed by atoms with E-state index in [-0.39, 0.29) is 5.91 Å². The van der Waals surface area contributed by atoms with Gasteiger partial charge < -0.3 is 10.6 Å². The van der Waals surface area contributed by atoms with Crippen LogP contribution in [0.5, 0.6) is 0 Å². The average molecular weight is 228 g/mol. The summed E-state index contributed by atoms with van der Waals surface area (Å²) in [6, 6.07) is 0.572. The normalized spacial score (nSPS) is 12.8. The lowest BCUT2D eigenvalue weighted by atomic mass is 10.1. The number of amides is 1. The first-order valence-electron chi connectivity index (χ1n) is 6.60. The molecule has 0 rings (SSSR count). The van der Waals surface area contributed by atoms with Crippen molar-refractivity contribution in [2.24, 2.45) is 5.92 Å². The van der Waals surface area contributed by atoms with Crippen LogP contribution in [-0.4, -0.2) is 25.0 Å². The minimum absolute atomic E-state index is 0.160. The van der Waals surface area contributed by atoms with Gasteiger partial charge in [0.05, 0.1) is 0 Å². The van der Waals surface area contributed by atoms with Crippen LogP contribution < -0.4 is 10.6 Å². The van der Waals surface area contributed by atoms with Crippen molar-refractivity contribution in [3.05, 3.63) is 0 Å². The third-order valence-electron chi connectivity index (χ3n) is 2.62. The summed E-state index contributed by atoms with van der Waals surface area (Å²) in [5, 5.41) is 6.35. The van der Waals surface area contributed by atoms with Crippen LogP contribution in [0.4, 0.5) is 0 Å². The zero-order valence-electron chi connectivity index (χ0n) is 11.3. The lowest BCUT2D eigenvalue weighted by Crippen LogP contribution is -2.34. The average Bonchev–Trinajstić information content (AvgIpc) is 2.25. The Morgan fingerprint density at radius 1 is 1.25 bits per heavy atom. The van der Waals surface area contributed by atoms with Crippen molar-refractivity contribution in [3.63, 3.8) is 0 Å². The summed E-state index contributed by atoms with van der Waals surface area (Å²) in [5.74, 6) is 0.688. The molecule has 0 heterocycles. The van der Waals surface area contributed by atoms with Crippen LogP contribution in [0.1, 0.15) is 53.4 Å². The van der Waals surface area contributed by atoms with Crippen molar-refractivity contribution < 1.29 is 4.79 Å². The molecule has 0 spiro atoms. The third kappa shape index (κ3) is 8.72. The second-order valence-corrected chi connectivity index (χ2v) is 4.80. The minimum atomic E-state index is 0.160. The summed E-state index contributed by atoms with van der Waals surface area (Å²) in [5.41, 5.74) is 0. The van der Waals surface area contributed by atoms with Crippen molar-refractivity contribution in [1.82, 2.24) is 10.6 Å². The fourth-order valence-electron chi connectivity index (χ4n) is 1.60. The summed E-state index contributed by atoms with van der Waals surface area (Å²) < 4.78 is 0. The summed E-state index contributed by atoms with van der Waals surface area (Å²) in [4.78, 5) is 11.4. The molecule has 0 aliphatic rings. The molecular formula is C13H28N2O. The van der Waals surface area contributed by atoms with Gasteiger partial charge in [-0.3, -0.25) is 4.79 Å². The molecule has 16 heavy (non-hydrogen) atoms. The van der Waals surface area contributed by atoms with Gasteiger partial charge in [0, 0.05) is 25.6 Å². The van der Waals surface area contributed by atoms with Crippen molar-refractivity contribution in [2.75, 3.05) is 13.1 Å². The van der Waals surface area contributed by atoms with Gasteiger partial charge >= 0.3 is 0 Å². The third-order valence-corrected chi connectivity index (χ3v) is 2.62. The highest BCUT2D eigenvalue weighted by molar-refractivity contribution is 5.76. The highest BCUT2D eigenvalue weighted by Gasteiger charge is 2.06. The Morgan fingerprint density at radius 2 is 1.94 bits per heavy atom. The van der Waals surface area contributed by atoms with Gasteiger partial charge in [0.25, 0.3) is 0 Å². The lowest BCUT2D eigenvalue weighted by molar-refractivity contribution is -0.121. The predicted octanol–water partition coefficient (Wildman–Crippen LogP) is 2.32. The van der Waals surface area contributed by atoms with E-state index in [0.717, 1.165) is 19.5 Å². The molecule has 3 heteroatoms. The van der Waals surface area contributed by atoms with Crippen LogP contribution in [0.25, 0.3) is 0 Å². The molecule has 0 aromatic carbocycles. The van der Waals surface area contributed by atoms with Crippen molar-refractivity contribution in [2.45, 2.75) is 59.4 Å². The monoisotopic (exact) mass is 228 g/mol. The maximum Gasteiger partial charge on any atom is 0.221 e. The molecule has 0 saturated heterocycles. The number of hydrogen-bond donors (Lipinski definition) is 2. The minimum Gasteiger partial charge on any atom is -0.356 e. The molecule has 0 fully saturated rings. The summed E-state index contributed by atoms with van der Waals surface area (Å²) in [7, 11) is 0. The Hall–Kier alpha value is -0.570. The molecule has 1 amide bonds. The van der Waals surface area contributed by atoms with Crippen LogP contribution >= 0.6 is 0 Å². The van der Waals surface area contributed by atoms with E-state index in [9.17, 15) is 4.79 Å². The zero-order chi connectivity index (χ0) is 12.4. The van der Waals surface area contributed by atoms with Gasteiger partial charge in [0.1, 0.15) is 0 Å². The van der Waals surface area contributed by atoms with E-state index in [1.54, 1.807) is 0 Å². The predicted molar refractivity (Wildman–Crippen MR) is 69.5 cm³/mol. The molecule has 2 N–H and O–H groups in total. The van der Waals surface area contributed by atoms with Crippen LogP contribution in [0, 0.1) is 5.92 Å². The van der Waals surface area contributed by atoms with Gasteiger partial charge in [-0.15, -0.1) is 0 Å². The second-order valence-electron chi connectivity index (χ2n) is 4.80. The number of nitrogens with one attached hydrogen (secondary N) is 2. The van der Waals surface area contributed by atoms with Crippen molar-refractivity contribution in [3.8, 4) is 0 Å². The quantitative estimate of drug-likeness (QED) is 0.636. The van der Waals surface area contributed by atoms with Crippen molar-refractivity contribution in [1.29, 1.82) is 0 Å². The number of carbonyl (C=O) groups excluding carboxylic acids is 1. The molecule has 1 unspecified atom stereocenters. The van der Waals surface area contributed by atoms with Crippen LogP contribution in [0.3, 0.4) is 0 Å². The maximum absolute atomic E-state index is 11.4. The Balaban J connectivity index is 3.52. The summed E-state index contributed by atoms with van der Waals surface area (Å²) in [6.45, 7) is 10.2. The number of carbonyl (C=O) groups is 1. The van der Waals surface area contributed by atoms with E-state index in [4.69, 9.17) is 0 Å². The van der Waals surface area contributed by atoms with Crippen molar-refractivity contribution >= 4 is 5.91 Å². The number of rotatable bonds is 9. The van der Waals surface area contributed by atoms with Crippen LogP contribution in [0.15, 0.2) is 0 Å². The molecule has 0 radical (unpaired) electrons. The molecule has 3 nitrogen and oxygen atoms in total. The fourth-order valence-corrected chi connectivity index (χ4v) is 1.60. The highest BCUT2D eigenvalue weighted by Crippen LogP contribution is 2.00. The topological polar surface area (TPSA) is 41.1 Å². The molecule has 0 aromatic heterocycles. The van der Waals surface area contributed by atoms with Gasteiger partial charge in [0.15, 0.2) is 0 Å². The molecule has 0 saturated carbocycles. The first kappa shape index (κ1) is 15.4. The van der Waals surface area contributed by atoms with Gasteiger partial charge in [-0.2, -0.15) is 0 Å². The van der Waals surface area contributed by atoms with Gasteiger partial charge in [-0.05, 0) is 18.8 Å². The smallest absolute Gasteiger partial charge is 0.221 e. The lowest BCUT2D eigenvalue weighted by Gasteiger charge is -2.15. The summed E-state index contributed by atoms with van der Waals surface area (Å²) >= 11 is 0. The molecule has 0 aliphatic heterocycles. The van der Waals surface area contributed by atoms with Gasteiger partial charge in [0.2, 0.25) is 5.91 Å². The van der Waals surface area contributed by atoms with E-state index < -0.39 is 0 Å². The molecule has 0 aromatic rings. The van der Waals surface area contributed by atoms with Gasteiger partial charge in [-0.1, -0.05) is 34.1 Å². The molecule has 96 valence electrons. The van der Waals surface area contributed by atoms with Crippen LogP contribution in [-0.2, 0) is 4.79 Å². The molecule has 1 atom stereocenters. The van der Waals surface area contributed by atoms with E-state index in [2.05, 4.69) is 38.3 Å². The molecule has 0 aliphatic carbocycles. The second kappa shape index (κ2) is 9.64. The van der Waals surface area contributed by atoms with E-state index in [1.165, 1.54) is 12.8 Å². The Labute approximate surface area is 100 Å². The van der Waals surface area contributed by atoms with E-state index in [1.807, 2.05) is 0 Å².